The molecule has 0 aliphatic heterocycles. The monoisotopic (exact) mass is 954 g/mol. The minimum atomic E-state index is -0.514. The highest BCUT2D eigenvalue weighted by molar-refractivity contribution is 6.12. The van der Waals surface area contributed by atoms with Crippen molar-refractivity contribution in [2.45, 2.75) is 5.41 Å². The predicted octanol–water partition coefficient (Wildman–Crippen LogP) is 18.9. The van der Waals surface area contributed by atoms with E-state index in [-0.39, 0.29) is 0 Å². The molecule has 2 aromatic heterocycles. The number of nitrogens with zero attached hydrogens (tertiary/aromatic N) is 2. The Labute approximate surface area is 437 Å². The SMILES string of the molecule is c1ccc(-c2ccc(-n3c4ccccc4c4cc(-c5ccc(-c6ccc7c(c6)c6ccccc6n7-c6ccc(-c7cccc(C(c8ccccc8)(c8ccccc8)c8ccccc8)c7)cc6)cc5)ccc43)cc2)cc1. The molecule has 2 heteroatoms. The first-order valence-electron chi connectivity index (χ1n) is 25.9. The summed E-state index contributed by atoms with van der Waals surface area (Å²) in [4.78, 5) is 0. The summed E-state index contributed by atoms with van der Waals surface area (Å²) in [6, 6.07) is 111. The van der Waals surface area contributed by atoms with Crippen LogP contribution in [0.5, 0.6) is 0 Å². The number of hydrogen-bond acceptors (Lipinski definition) is 0. The molecule has 0 atom stereocenters. The summed E-state index contributed by atoms with van der Waals surface area (Å²) in [6.45, 7) is 0. The zero-order valence-corrected chi connectivity index (χ0v) is 41.3. The van der Waals surface area contributed by atoms with Crippen LogP contribution < -0.4 is 0 Å². The maximum atomic E-state index is 2.41. The fourth-order valence-electron chi connectivity index (χ4n) is 11.9. The third kappa shape index (κ3) is 7.49. The third-order valence-corrected chi connectivity index (χ3v) is 15.5. The smallest absolute Gasteiger partial charge is 0.0701 e. The van der Waals surface area contributed by atoms with Gasteiger partial charge in [-0.25, -0.2) is 0 Å². The second-order valence-corrected chi connectivity index (χ2v) is 19.6. The van der Waals surface area contributed by atoms with Crippen LogP contribution in [-0.4, -0.2) is 9.13 Å². The van der Waals surface area contributed by atoms with Crippen molar-refractivity contribution in [2.75, 3.05) is 0 Å². The van der Waals surface area contributed by atoms with E-state index in [0.717, 1.165) is 11.4 Å². The van der Waals surface area contributed by atoms with Gasteiger partial charge in [-0.15, -0.1) is 0 Å². The third-order valence-electron chi connectivity index (χ3n) is 15.5. The van der Waals surface area contributed by atoms with Gasteiger partial charge in [0.25, 0.3) is 0 Å². The highest BCUT2D eigenvalue weighted by Gasteiger charge is 2.38. The van der Waals surface area contributed by atoms with Gasteiger partial charge in [-0.05, 0) is 133 Å². The van der Waals surface area contributed by atoms with E-state index in [1.165, 1.54) is 110 Å². The largest absolute Gasteiger partial charge is 0.309 e. The van der Waals surface area contributed by atoms with Gasteiger partial charge >= 0.3 is 0 Å². The minimum Gasteiger partial charge on any atom is -0.309 e. The van der Waals surface area contributed by atoms with Gasteiger partial charge in [0.15, 0.2) is 0 Å². The zero-order chi connectivity index (χ0) is 49.7. The van der Waals surface area contributed by atoms with Crippen LogP contribution in [-0.2, 0) is 5.41 Å². The lowest BCUT2D eigenvalue weighted by Crippen LogP contribution is -2.31. The first-order valence-corrected chi connectivity index (χ1v) is 25.9. The van der Waals surface area contributed by atoms with Gasteiger partial charge < -0.3 is 9.13 Å². The molecular formula is C73H50N2. The van der Waals surface area contributed by atoms with Crippen LogP contribution in [0.1, 0.15) is 22.3 Å². The molecule has 0 N–H and O–H groups in total. The Bertz CT molecular complexity index is 4240. The Balaban J connectivity index is 0.781. The number of para-hydroxylation sites is 2. The van der Waals surface area contributed by atoms with Gasteiger partial charge in [0.1, 0.15) is 0 Å². The van der Waals surface area contributed by atoms with Crippen LogP contribution in [0, 0.1) is 0 Å². The Morgan fingerprint density at radius 3 is 0.920 bits per heavy atom. The lowest BCUT2D eigenvalue weighted by molar-refractivity contribution is 0.745. The molecule has 0 unspecified atom stereocenters. The molecule has 0 saturated heterocycles. The molecule has 0 aliphatic rings. The maximum absolute atomic E-state index is 2.41. The van der Waals surface area contributed by atoms with Crippen LogP contribution in [0.3, 0.4) is 0 Å². The van der Waals surface area contributed by atoms with Crippen LogP contribution in [0.25, 0.3) is 99.5 Å². The van der Waals surface area contributed by atoms with Gasteiger partial charge in [0.05, 0.1) is 27.5 Å². The highest BCUT2D eigenvalue weighted by atomic mass is 15.0. The van der Waals surface area contributed by atoms with E-state index >= 15 is 0 Å². The van der Waals surface area contributed by atoms with E-state index in [9.17, 15) is 0 Å². The summed E-state index contributed by atoms with van der Waals surface area (Å²) in [6.07, 6.45) is 0. The van der Waals surface area contributed by atoms with Gasteiger partial charge in [-0.3, -0.25) is 0 Å². The fourth-order valence-corrected chi connectivity index (χ4v) is 11.9. The molecule has 14 rings (SSSR count). The summed E-state index contributed by atoms with van der Waals surface area (Å²) in [5.41, 5.74) is 21.1. The molecule has 2 nitrogen and oxygen atoms in total. The number of rotatable bonds is 10. The quantitative estimate of drug-likeness (QED) is 0.121. The molecule has 2 heterocycles. The average Bonchev–Trinajstić information content (AvgIpc) is 4.02. The summed E-state index contributed by atoms with van der Waals surface area (Å²) in [5, 5.41) is 4.97. The lowest BCUT2D eigenvalue weighted by atomic mass is 9.65. The Morgan fingerprint density at radius 2 is 0.480 bits per heavy atom. The lowest BCUT2D eigenvalue weighted by Gasteiger charge is -2.37. The number of hydrogen-bond donors (Lipinski definition) is 0. The number of benzene rings is 12. The molecule has 0 saturated carbocycles. The summed E-state index contributed by atoms with van der Waals surface area (Å²) >= 11 is 0. The van der Waals surface area contributed by atoms with E-state index in [1.807, 2.05) is 0 Å². The molecule has 14 aromatic rings. The topological polar surface area (TPSA) is 9.86 Å². The van der Waals surface area contributed by atoms with Crippen LogP contribution >= 0.6 is 0 Å². The fraction of sp³-hybridized carbons (Fsp3) is 0.0137. The maximum Gasteiger partial charge on any atom is 0.0701 e. The van der Waals surface area contributed by atoms with Gasteiger partial charge in [-0.2, -0.15) is 0 Å². The first-order chi connectivity index (χ1) is 37.2. The Morgan fingerprint density at radius 1 is 0.187 bits per heavy atom. The highest BCUT2D eigenvalue weighted by Crippen LogP contribution is 2.46. The number of aromatic nitrogens is 2. The van der Waals surface area contributed by atoms with Crippen LogP contribution in [0.2, 0.25) is 0 Å². The van der Waals surface area contributed by atoms with Crippen molar-refractivity contribution in [2.24, 2.45) is 0 Å². The molecule has 0 aliphatic carbocycles. The second kappa shape index (κ2) is 18.4. The Hall–Kier alpha value is -9.76. The van der Waals surface area contributed by atoms with Crippen molar-refractivity contribution in [3.8, 4) is 55.9 Å². The van der Waals surface area contributed by atoms with E-state index < -0.39 is 5.41 Å². The van der Waals surface area contributed by atoms with E-state index in [4.69, 9.17) is 0 Å². The number of fused-ring (bicyclic) bond motifs is 6. The van der Waals surface area contributed by atoms with E-state index in [1.54, 1.807) is 0 Å². The van der Waals surface area contributed by atoms with Gasteiger partial charge in [0, 0.05) is 32.9 Å². The molecule has 0 amide bonds. The van der Waals surface area contributed by atoms with Crippen molar-refractivity contribution in [3.05, 3.63) is 326 Å². The molecule has 12 aromatic carbocycles. The summed E-state index contributed by atoms with van der Waals surface area (Å²) < 4.78 is 4.80. The molecule has 352 valence electrons. The van der Waals surface area contributed by atoms with Crippen LogP contribution in [0.4, 0.5) is 0 Å². The standard InChI is InChI=1S/C73H50N2/c1-5-18-51(19-6-1)52-36-42-63(43-37-52)74-69-30-15-13-28-65(69)67-49-57(40-46-71(67)74)53-32-34-54(35-33-53)58-41-47-72-68(50-58)66-29-14-16-31-70(66)75(72)64-44-38-55(39-45-64)56-20-17-27-62(48-56)73(59-21-7-2-8-22-59,60-23-9-3-10-24-60)61-25-11-4-12-26-61/h1-50H. The van der Waals surface area contributed by atoms with Crippen molar-refractivity contribution >= 4 is 43.6 Å². The first kappa shape index (κ1) is 44.0. The average molecular weight is 955 g/mol. The van der Waals surface area contributed by atoms with Gasteiger partial charge in [0.2, 0.25) is 0 Å². The zero-order valence-electron chi connectivity index (χ0n) is 41.3. The molecule has 0 radical (unpaired) electrons. The molecule has 0 fully saturated rings. The van der Waals surface area contributed by atoms with Crippen molar-refractivity contribution in [3.63, 3.8) is 0 Å². The molecule has 0 bridgehead atoms. The second-order valence-electron chi connectivity index (χ2n) is 19.6. The normalized spacial score (nSPS) is 11.7. The molecular weight excluding hydrogens is 905 g/mol. The predicted molar refractivity (Wildman–Crippen MR) is 315 cm³/mol. The summed E-state index contributed by atoms with van der Waals surface area (Å²) in [5.74, 6) is 0. The molecule has 75 heavy (non-hydrogen) atoms. The van der Waals surface area contributed by atoms with Gasteiger partial charge in [-0.1, -0.05) is 237 Å². The van der Waals surface area contributed by atoms with Crippen molar-refractivity contribution < 1.29 is 0 Å². The van der Waals surface area contributed by atoms with E-state index in [2.05, 4.69) is 312 Å². The van der Waals surface area contributed by atoms with Crippen LogP contribution in [0.15, 0.2) is 303 Å². The minimum absolute atomic E-state index is 0.514. The van der Waals surface area contributed by atoms with Crippen molar-refractivity contribution in [1.82, 2.24) is 9.13 Å². The summed E-state index contributed by atoms with van der Waals surface area (Å²) in [7, 11) is 0. The molecule has 0 spiro atoms. The van der Waals surface area contributed by atoms with Crippen molar-refractivity contribution in [1.29, 1.82) is 0 Å². The Kier molecular flexibility index (Phi) is 10.8. The van der Waals surface area contributed by atoms with E-state index in [0.29, 0.717) is 0 Å².